The van der Waals surface area contributed by atoms with Crippen LogP contribution in [0.4, 0.5) is 0 Å². The first kappa shape index (κ1) is 11.7. The van der Waals surface area contributed by atoms with Crippen molar-refractivity contribution in [3.8, 4) is 12.3 Å². The van der Waals surface area contributed by atoms with Gasteiger partial charge in [-0.2, -0.15) is 0 Å². The van der Waals surface area contributed by atoms with Crippen LogP contribution in [0.5, 0.6) is 0 Å². The summed E-state index contributed by atoms with van der Waals surface area (Å²) in [6, 6.07) is 3.18. The van der Waals surface area contributed by atoms with Crippen molar-refractivity contribution in [3.63, 3.8) is 0 Å². The standard InChI is InChI=1S/C11H11BrN2O/c1-3-9(4-2)14-11(15)8-5-6-10(12)13-7-8/h1,5-7,9H,4H2,2H3,(H,14,15). The highest BCUT2D eigenvalue weighted by Gasteiger charge is 2.09. The van der Waals surface area contributed by atoms with Gasteiger partial charge in [-0.25, -0.2) is 4.98 Å². The third-order valence-corrected chi connectivity index (χ3v) is 2.37. The molecular weight excluding hydrogens is 256 g/mol. The van der Waals surface area contributed by atoms with Crippen molar-refractivity contribution < 1.29 is 4.79 Å². The summed E-state index contributed by atoms with van der Waals surface area (Å²) in [7, 11) is 0. The van der Waals surface area contributed by atoms with Gasteiger partial charge >= 0.3 is 0 Å². The number of halogens is 1. The maximum atomic E-state index is 11.6. The van der Waals surface area contributed by atoms with Gasteiger partial charge in [-0.05, 0) is 34.5 Å². The molecule has 0 bridgehead atoms. The highest BCUT2D eigenvalue weighted by molar-refractivity contribution is 9.10. The zero-order valence-corrected chi connectivity index (χ0v) is 9.91. The van der Waals surface area contributed by atoms with Crippen molar-refractivity contribution >= 4 is 21.8 Å². The average molecular weight is 267 g/mol. The number of pyridine rings is 1. The van der Waals surface area contributed by atoms with Crippen LogP contribution in [0.15, 0.2) is 22.9 Å². The molecule has 1 rings (SSSR count). The van der Waals surface area contributed by atoms with E-state index in [-0.39, 0.29) is 11.9 Å². The second-order valence-corrected chi connectivity index (χ2v) is 3.78. The predicted octanol–water partition coefficient (Wildman–Crippen LogP) is 1.99. The summed E-state index contributed by atoms with van der Waals surface area (Å²) in [6.07, 6.45) is 7.46. The number of nitrogens with zero attached hydrogens (tertiary/aromatic N) is 1. The molecule has 1 aromatic rings. The Labute approximate surface area is 97.4 Å². The molecule has 1 aromatic heterocycles. The smallest absolute Gasteiger partial charge is 0.253 e. The summed E-state index contributed by atoms with van der Waals surface area (Å²) in [4.78, 5) is 15.6. The second-order valence-electron chi connectivity index (χ2n) is 2.97. The zero-order valence-electron chi connectivity index (χ0n) is 8.33. The van der Waals surface area contributed by atoms with E-state index in [4.69, 9.17) is 6.42 Å². The lowest BCUT2D eigenvalue weighted by molar-refractivity contribution is 0.0944. The molecule has 0 aliphatic carbocycles. The first-order valence-electron chi connectivity index (χ1n) is 4.56. The summed E-state index contributed by atoms with van der Waals surface area (Å²) in [6.45, 7) is 1.92. The number of carbonyl (C=O) groups excluding carboxylic acids is 1. The fraction of sp³-hybridized carbons (Fsp3) is 0.273. The molecule has 1 heterocycles. The fourth-order valence-corrected chi connectivity index (χ4v) is 1.25. The number of amides is 1. The Morgan fingerprint density at radius 2 is 2.47 bits per heavy atom. The SMILES string of the molecule is C#CC(CC)NC(=O)c1ccc(Br)nc1. The molecular formula is C11H11BrN2O. The quantitative estimate of drug-likeness (QED) is 0.672. The molecule has 0 saturated heterocycles. The second kappa shape index (κ2) is 5.52. The molecule has 1 atom stereocenters. The molecule has 3 nitrogen and oxygen atoms in total. The molecule has 0 radical (unpaired) electrons. The lowest BCUT2D eigenvalue weighted by Crippen LogP contribution is -2.33. The Balaban J connectivity index is 2.70. The van der Waals surface area contributed by atoms with Gasteiger partial charge in [0, 0.05) is 6.20 Å². The van der Waals surface area contributed by atoms with Crippen LogP contribution in [0.25, 0.3) is 0 Å². The monoisotopic (exact) mass is 266 g/mol. The molecule has 1 unspecified atom stereocenters. The van der Waals surface area contributed by atoms with Gasteiger partial charge in [0.1, 0.15) is 4.60 Å². The van der Waals surface area contributed by atoms with E-state index in [1.54, 1.807) is 12.1 Å². The number of nitrogens with one attached hydrogen (secondary N) is 1. The Morgan fingerprint density at radius 3 is 2.93 bits per heavy atom. The molecule has 0 aromatic carbocycles. The average Bonchev–Trinajstić information content (AvgIpc) is 2.26. The van der Waals surface area contributed by atoms with E-state index in [9.17, 15) is 4.79 Å². The summed E-state index contributed by atoms with van der Waals surface area (Å²) in [5.74, 6) is 2.31. The minimum Gasteiger partial charge on any atom is -0.338 e. The molecule has 4 heteroatoms. The van der Waals surface area contributed by atoms with Gasteiger partial charge in [-0.3, -0.25) is 4.79 Å². The molecule has 0 aliphatic rings. The van der Waals surface area contributed by atoms with Gasteiger partial charge < -0.3 is 5.32 Å². The summed E-state index contributed by atoms with van der Waals surface area (Å²) < 4.78 is 0.697. The van der Waals surface area contributed by atoms with E-state index in [0.717, 1.165) is 0 Å². The van der Waals surface area contributed by atoms with E-state index >= 15 is 0 Å². The Morgan fingerprint density at radius 1 is 1.73 bits per heavy atom. The zero-order chi connectivity index (χ0) is 11.3. The highest BCUT2D eigenvalue weighted by Crippen LogP contribution is 2.06. The summed E-state index contributed by atoms with van der Waals surface area (Å²) >= 11 is 3.20. The van der Waals surface area contributed by atoms with Gasteiger partial charge in [0.25, 0.3) is 5.91 Å². The van der Waals surface area contributed by atoms with E-state index in [1.165, 1.54) is 6.20 Å². The van der Waals surface area contributed by atoms with Gasteiger partial charge in [-0.15, -0.1) is 6.42 Å². The number of rotatable bonds is 3. The van der Waals surface area contributed by atoms with Crippen LogP contribution in [-0.4, -0.2) is 16.9 Å². The molecule has 15 heavy (non-hydrogen) atoms. The molecule has 0 aliphatic heterocycles. The van der Waals surface area contributed by atoms with E-state index in [2.05, 4.69) is 32.2 Å². The Kier molecular flexibility index (Phi) is 4.32. The van der Waals surface area contributed by atoms with Crippen molar-refractivity contribution in [3.05, 3.63) is 28.5 Å². The largest absolute Gasteiger partial charge is 0.338 e. The van der Waals surface area contributed by atoms with Gasteiger partial charge in [0.05, 0.1) is 11.6 Å². The van der Waals surface area contributed by atoms with E-state index in [1.807, 2.05) is 6.92 Å². The minimum atomic E-state index is -0.221. The number of hydrogen-bond acceptors (Lipinski definition) is 2. The molecule has 1 amide bonds. The van der Waals surface area contributed by atoms with Crippen LogP contribution >= 0.6 is 15.9 Å². The van der Waals surface area contributed by atoms with Crippen LogP contribution in [-0.2, 0) is 0 Å². The van der Waals surface area contributed by atoms with E-state index < -0.39 is 0 Å². The number of hydrogen-bond donors (Lipinski definition) is 1. The van der Waals surface area contributed by atoms with Gasteiger partial charge in [0.15, 0.2) is 0 Å². The normalized spacial score (nSPS) is 11.5. The maximum Gasteiger partial charge on any atom is 0.253 e. The van der Waals surface area contributed by atoms with Gasteiger partial charge in [-0.1, -0.05) is 12.8 Å². The van der Waals surface area contributed by atoms with Crippen LogP contribution in [0.1, 0.15) is 23.7 Å². The third kappa shape index (κ3) is 3.37. The maximum absolute atomic E-state index is 11.6. The van der Waals surface area contributed by atoms with Crippen LogP contribution < -0.4 is 5.32 Å². The molecule has 0 fully saturated rings. The van der Waals surface area contributed by atoms with Crippen molar-refractivity contribution in [2.45, 2.75) is 19.4 Å². The van der Waals surface area contributed by atoms with Crippen molar-refractivity contribution in [1.29, 1.82) is 0 Å². The first-order chi connectivity index (χ1) is 7.17. The lowest BCUT2D eigenvalue weighted by atomic mass is 10.2. The van der Waals surface area contributed by atoms with Crippen LogP contribution in [0.3, 0.4) is 0 Å². The summed E-state index contributed by atoms with van der Waals surface area (Å²) in [5, 5.41) is 2.72. The van der Waals surface area contributed by atoms with Crippen molar-refractivity contribution in [2.75, 3.05) is 0 Å². The number of aromatic nitrogens is 1. The highest BCUT2D eigenvalue weighted by atomic mass is 79.9. The molecule has 0 spiro atoms. The third-order valence-electron chi connectivity index (χ3n) is 1.90. The number of terminal acetylenes is 1. The molecule has 78 valence electrons. The predicted molar refractivity (Wildman–Crippen MR) is 62.3 cm³/mol. The van der Waals surface area contributed by atoms with Crippen molar-refractivity contribution in [1.82, 2.24) is 10.3 Å². The minimum absolute atomic E-state index is 0.195. The summed E-state index contributed by atoms with van der Waals surface area (Å²) in [5.41, 5.74) is 0.506. The topological polar surface area (TPSA) is 42.0 Å². The lowest BCUT2D eigenvalue weighted by Gasteiger charge is -2.10. The first-order valence-corrected chi connectivity index (χ1v) is 5.35. The Hall–Kier alpha value is -1.34. The molecule has 0 saturated carbocycles. The fourth-order valence-electron chi connectivity index (χ4n) is 1.01. The van der Waals surface area contributed by atoms with Crippen LogP contribution in [0, 0.1) is 12.3 Å². The van der Waals surface area contributed by atoms with Crippen LogP contribution in [0.2, 0.25) is 0 Å². The van der Waals surface area contributed by atoms with Gasteiger partial charge in [0.2, 0.25) is 0 Å². The Bertz CT molecular complexity index is 381. The molecule has 1 N–H and O–H groups in total. The van der Waals surface area contributed by atoms with E-state index in [0.29, 0.717) is 16.6 Å². The number of carbonyl (C=O) groups is 1. The van der Waals surface area contributed by atoms with Crippen molar-refractivity contribution in [2.24, 2.45) is 0 Å².